The first-order valence-electron chi connectivity index (χ1n) is 7.44. The van der Waals surface area contributed by atoms with Gasteiger partial charge >= 0.3 is 0 Å². The highest BCUT2D eigenvalue weighted by Gasteiger charge is 2.25. The normalized spacial score (nSPS) is 21.3. The lowest BCUT2D eigenvalue weighted by Crippen LogP contribution is -2.39. The first-order valence-corrected chi connectivity index (χ1v) is 7.44. The third-order valence-electron chi connectivity index (χ3n) is 4.15. The van der Waals surface area contributed by atoms with Gasteiger partial charge in [0, 0.05) is 24.8 Å². The predicted molar refractivity (Wildman–Crippen MR) is 81.7 cm³/mol. The van der Waals surface area contributed by atoms with Gasteiger partial charge < -0.3 is 10.0 Å². The van der Waals surface area contributed by atoms with E-state index in [4.69, 9.17) is 5.11 Å². The lowest BCUT2D eigenvalue weighted by molar-refractivity contribution is 0.0673. The van der Waals surface area contributed by atoms with Crippen LogP contribution in [0.25, 0.3) is 0 Å². The average molecular weight is 286 g/mol. The molecule has 112 valence electrons. The Morgan fingerprint density at radius 1 is 1.38 bits per heavy atom. The van der Waals surface area contributed by atoms with E-state index >= 15 is 0 Å². The number of aliphatic hydroxyl groups is 1. The van der Waals surface area contributed by atoms with Crippen molar-refractivity contribution in [1.29, 1.82) is 0 Å². The Hall–Kier alpha value is -1.86. The van der Waals surface area contributed by atoms with E-state index in [1.165, 1.54) is 12.8 Å². The van der Waals surface area contributed by atoms with Gasteiger partial charge in [-0.05, 0) is 43.7 Å². The van der Waals surface area contributed by atoms with Gasteiger partial charge in [0.2, 0.25) is 0 Å². The molecule has 0 saturated heterocycles. The summed E-state index contributed by atoms with van der Waals surface area (Å²) in [5.74, 6) is 6.07. The second-order valence-electron chi connectivity index (χ2n) is 5.72. The molecule has 4 heteroatoms. The van der Waals surface area contributed by atoms with E-state index in [0.29, 0.717) is 17.3 Å². The summed E-state index contributed by atoms with van der Waals surface area (Å²) >= 11 is 0. The van der Waals surface area contributed by atoms with Gasteiger partial charge in [0.25, 0.3) is 5.91 Å². The highest BCUT2D eigenvalue weighted by atomic mass is 16.2. The topological polar surface area (TPSA) is 53.4 Å². The van der Waals surface area contributed by atoms with Crippen molar-refractivity contribution >= 4 is 5.91 Å². The Morgan fingerprint density at radius 3 is 2.67 bits per heavy atom. The Bertz CT molecular complexity index is 534. The molecule has 21 heavy (non-hydrogen) atoms. The fourth-order valence-corrected chi connectivity index (χ4v) is 2.71. The van der Waals surface area contributed by atoms with Crippen LogP contribution in [0.2, 0.25) is 0 Å². The van der Waals surface area contributed by atoms with Gasteiger partial charge in [-0.3, -0.25) is 4.79 Å². The number of carbonyl (C=O) groups is 1. The van der Waals surface area contributed by atoms with Crippen LogP contribution in [0.5, 0.6) is 0 Å². The fourth-order valence-electron chi connectivity index (χ4n) is 2.71. The van der Waals surface area contributed by atoms with Crippen molar-refractivity contribution in [3.8, 4) is 11.8 Å². The molecule has 0 radical (unpaired) electrons. The average Bonchev–Trinajstić information content (AvgIpc) is 2.53. The Labute approximate surface area is 126 Å². The molecule has 0 aromatic carbocycles. The van der Waals surface area contributed by atoms with Gasteiger partial charge in [-0.25, -0.2) is 4.98 Å². The summed E-state index contributed by atoms with van der Waals surface area (Å²) < 4.78 is 0. The van der Waals surface area contributed by atoms with Gasteiger partial charge in [-0.2, -0.15) is 0 Å². The van der Waals surface area contributed by atoms with Gasteiger partial charge in [0.1, 0.15) is 12.3 Å². The van der Waals surface area contributed by atoms with Crippen LogP contribution in [-0.4, -0.2) is 40.6 Å². The molecular weight excluding hydrogens is 264 g/mol. The van der Waals surface area contributed by atoms with Crippen molar-refractivity contribution in [3.05, 3.63) is 29.6 Å². The zero-order valence-corrected chi connectivity index (χ0v) is 12.7. The number of nitrogens with zero attached hydrogens (tertiary/aromatic N) is 2. The van der Waals surface area contributed by atoms with Crippen molar-refractivity contribution in [2.75, 3.05) is 13.7 Å². The summed E-state index contributed by atoms with van der Waals surface area (Å²) in [4.78, 5) is 18.5. The SMILES string of the molecule is CC1CCC(N(C)C(=O)c2ccc(C#CCO)cn2)CC1. The van der Waals surface area contributed by atoms with Crippen LogP contribution < -0.4 is 0 Å². The van der Waals surface area contributed by atoms with E-state index in [1.807, 2.05) is 11.9 Å². The van der Waals surface area contributed by atoms with Crippen molar-refractivity contribution in [3.63, 3.8) is 0 Å². The molecule has 0 aliphatic heterocycles. The molecule has 1 saturated carbocycles. The number of rotatable bonds is 2. The van der Waals surface area contributed by atoms with Crippen LogP contribution in [0.1, 0.15) is 48.7 Å². The van der Waals surface area contributed by atoms with Crippen LogP contribution in [0, 0.1) is 17.8 Å². The van der Waals surface area contributed by atoms with Gasteiger partial charge in [0.15, 0.2) is 0 Å². The highest BCUT2D eigenvalue weighted by molar-refractivity contribution is 5.92. The second kappa shape index (κ2) is 7.24. The molecule has 1 aliphatic rings. The van der Waals surface area contributed by atoms with Gasteiger partial charge in [0.05, 0.1) is 0 Å². The molecule has 0 spiro atoms. The van der Waals surface area contributed by atoms with E-state index in [1.54, 1.807) is 18.3 Å². The van der Waals surface area contributed by atoms with Gasteiger partial charge in [-0.1, -0.05) is 18.8 Å². The Kier molecular flexibility index (Phi) is 5.35. The minimum atomic E-state index is -0.177. The van der Waals surface area contributed by atoms with E-state index in [0.717, 1.165) is 18.8 Å². The van der Waals surface area contributed by atoms with E-state index < -0.39 is 0 Å². The molecule has 0 unspecified atom stereocenters. The summed E-state index contributed by atoms with van der Waals surface area (Å²) in [6.45, 7) is 2.09. The van der Waals surface area contributed by atoms with Crippen LogP contribution in [0.4, 0.5) is 0 Å². The zero-order valence-electron chi connectivity index (χ0n) is 12.7. The smallest absolute Gasteiger partial charge is 0.272 e. The number of pyridine rings is 1. The third kappa shape index (κ3) is 4.05. The van der Waals surface area contributed by atoms with Crippen LogP contribution in [0.15, 0.2) is 18.3 Å². The first-order chi connectivity index (χ1) is 10.1. The van der Waals surface area contributed by atoms with E-state index in [2.05, 4.69) is 23.7 Å². The molecule has 1 aromatic rings. The Balaban J connectivity index is 2.02. The number of aliphatic hydroxyl groups excluding tert-OH is 1. The first kappa shape index (κ1) is 15.5. The molecule has 1 fully saturated rings. The van der Waals surface area contributed by atoms with Crippen LogP contribution in [-0.2, 0) is 0 Å². The molecule has 4 nitrogen and oxygen atoms in total. The fraction of sp³-hybridized carbons (Fsp3) is 0.529. The molecule has 2 rings (SSSR count). The lowest BCUT2D eigenvalue weighted by atomic mass is 9.86. The Morgan fingerprint density at radius 2 is 2.10 bits per heavy atom. The standard InChI is InChI=1S/C17H22N2O2/c1-13-5-8-15(9-6-13)19(2)17(21)16-10-7-14(12-18-16)4-3-11-20/h7,10,12-13,15,20H,5-6,8-9,11H2,1-2H3. The quantitative estimate of drug-likeness (QED) is 0.847. The van der Waals surface area contributed by atoms with Crippen molar-refractivity contribution in [1.82, 2.24) is 9.88 Å². The molecule has 1 heterocycles. The highest BCUT2D eigenvalue weighted by Crippen LogP contribution is 2.27. The third-order valence-corrected chi connectivity index (χ3v) is 4.15. The number of hydrogen-bond donors (Lipinski definition) is 1. The second-order valence-corrected chi connectivity index (χ2v) is 5.72. The maximum absolute atomic E-state index is 12.4. The minimum absolute atomic E-state index is 0.0313. The molecule has 0 bridgehead atoms. The van der Waals surface area contributed by atoms with Crippen molar-refractivity contribution in [2.24, 2.45) is 5.92 Å². The summed E-state index contributed by atoms with van der Waals surface area (Å²) in [5, 5.41) is 8.65. The summed E-state index contributed by atoms with van der Waals surface area (Å²) in [7, 11) is 1.87. The number of carbonyl (C=O) groups excluding carboxylic acids is 1. The molecule has 1 aromatic heterocycles. The monoisotopic (exact) mass is 286 g/mol. The summed E-state index contributed by atoms with van der Waals surface area (Å²) in [6.07, 6.45) is 6.09. The van der Waals surface area contributed by atoms with Crippen molar-refractivity contribution < 1.29 is 9.90 Å². The number of hydrogen-bond acceptors (Lipinski definition) is 3. The maximum atomic E-state index is 12.4. The lowest BCUT2D eigenvalue weighted by Gasteiger charge is -2.33. The summed E-state index contributed by atoms with van der Waals surface area (Å²) in [5.41, 5.74) is 1.15. The molecular formula is C17H22N2O2. The van der Waals surface area contributed by atoms with E-state index in [-0.39, 0.29) is 12.5 Å². The van der Waals surface area contributed by atoms with Crippen LogP contribution >= 0.6 is 0 Å². The predicted octanol–water partition coefficient (Wildman–Crippen LogP) is 2.08. The maximum Gasteiger partial charge on any atom is 0.272 e. The molecule has 1 amide bonds. The molecule has 0 atom stereocenters. The number of amides is 1. The number of aromatic nitrogens is 1. The zero-order chi connectivity index (χ0) is 15.2. The summed E-state index contributed by atoms with van der Waals surface area (Å²) in [6, 6.07) is 3.79. The molecule has 1 aliphatic carbocycles. The van der Waals surface area contributed by atoms with Gasteiger partial charge in [-0.15, -0.1) is 0 Å². The minimum Gasteiger partial charge on any atom is -0.384 e. The van der Waals surface area contributed by atoms with Crippen molar-refractivity contribution in [2.45, 2.75) is 38.6 Å². The largest absolute Gasteiger partial charge is 0.384 e. The van der Waals surface area contributed by atoms with E-state index in [9.17, 15) is 4.79 Å². The van der Waals surface area contributed by atoms with Crippen LogP contribution in [0.3, 0.4) is 0 Å². The molecule has 1 N–H and O–H groups in total.